The summed E-state index contributed by atoms with van der Waals surface area (Å²) in [5, 5.41) is 9.15. The molecule has 132 valence electrons. The molecule has 0 saturated heterocycles. The van der Waals surface area contributed by atoms with Gasteiger partial charge in [0.1, 0.15) is 11.1 Å². The lowest BCUT2D eigenvalue weighted by Gasteiger charge is -2.13. The fourth-order valence-electron chi connectivity index (χ4n) is 3.45. The van der Waals surface area contributed by atoms with Crippen LogP contribution in [0, 0.1) is 0 Å². The van der Waals surface area contributed by atoms with E-state index in [0.717, 1.165) is 11.3 Å². The van der Waals surface area contributed by atoms with Gasteiger partial charge in [0, 0.05) is 5.56 Å². The Bertz CT molecular complexity index is 1390. The molecule has 0 atom stereocenters. The Hall–Kier alpha value is -3.52. The Morgan fingerprint density at radius 1 is 1.07 bits per heavy atom. The molecule has 1 aliphatic rings. The number of benzene rings is 2. The van der Waals surface area contributed by atoms with Crippen LogP contribution in [0.4, 0.5) is 5.69 Å². The number of thiazole rings is 1. The standard InChI is InChI=1S/C19H11N3O4S/c23-14(24)9-21-12-7-3-1-5-10(12)15(17(21)25)16-18(26)22-13-8-4-2-6-11(13)20-19(22)27-16/h1-8H,9H2,(H,23,24). The highest BCUT2D eigenvalue weighted by Gasteiger charge is 2.35. The highest BCUT2D eigenvalue weighted by atomic mass is 32.1. The van der Waals surface area contributed by atoms with Gasteiger partial charge in [-0.1, -0.05) is 41.7 Å². The van der Waals surface area contributed by atoms with E-state index >= 15 is 0 Å². The van der Waals surface area contributed by atoms with Gasteiger partial charge in [-0.15, -0.1) is 0 Å². The maximum atomic E-state index is 13.1. The van der Waals surface area contributed by atoms with Crippen molar-refractivity contribution in [1.82, 2.24) is 9.38 Å². The number of imidazole rings is 1. The van der Waals surface area contributed by atoms with Gasteiger partial charge in [0.15, 0.2) is 4.96 Å². The summed E-state index contributed by atoms with van der Waals surface area (Å²) in [6.07, 6.45) is 0. The first kappa shape index (κ1) is 15.7. The third-order valence-corrected chi connectivity index (χ3v) is 5.60. The smallest absolute Gasteiger partial charge is 0.323 e. The second-order valence-corrected chi connectivity index (χ2v) is 7.11. The molecular weight excluding hydrogens is 366 g/mol. The van der Waals surface area contributed by atoms with Crippen LogP contribution in [0.1, 0.15) is 5.56 Å². The lowest BCUT2D eigenvalue weighted by atomic mass is 10.1. The zero-order valence-electron chi connectivity index (χ0n) is 13.7. The Kier molecular flexibility index (Phi) is 3.19. The van der Waals surface area contributed by atoms with Gasteiger partial charge in [-0.3, -0.25) is 19.3 Å². The molecule has 7 nitrogen and oxygen atoms in total. The van der Waals surface area contributed by atoms with Crippen molar-refractivity contribution in [3.8, 4) is 0 Å². The van der Waals surface area contributed by atoms with Crippen molar-refractivity contribution in [3.63, 3.8) is 0 Å². The number of aliphatic carboxylic acids is 1. The second-order valence-electron chi connectivity index (χ2n) is 6.13. The summed E-state index contributed by atoms with van der Waals surface area (Å²) in [4.78, 5) is 43.4. The number of carbonyl (C=O) groups is 2. The molecule has 0 fully saturated rings. The minimum atomic E-state index is -1.12. The zero-order valence-corrected chi connectivity index (χ0v) is 14.6. The first-order valence-corrected chi connectivity index (χ1v) is 8.95. The van der Waals surface area contributed by atoms with E-state index < -0.39 is 18.4 Å². The molecule has 0 saturated carbocycles. The van der Waals surface area contributed by atoms with Gasteiger partial charge >= 0.3 is 5.97 Å². The summed E-state index contributed by atoms with van der Waals surface area (Å²) < 4.78 is 1.77. The van der Waals surface area contributed by atoms with Crippen LogP contribution in [-0.2, 0) is 9.59 Å². The molecule has 5 rings (SSSR count). The molecular formula is C19H11N3O4S. The fourth-order valence-corrected chi connectivity index (χ4v) is 4.53. The second kappa shape index (κ2) is 5.49. The summed E-state index contributed by atoms with van der Waals surface area (Å²) in [7, 11) is 0. The van der Waals surface area contributed by atoms with Gasteiger partial charge in [0.25, 0.3) is 11.5 Å². The van der Waals surface area contributed by atoms with E-state index in [9.17, 15) is 14.4 Å². The van der Waals surface area contributed by atoms with Crippen LogP contribution in [0.15, 0.2) is 53.3 Å². The number of anilines is 1. The van der Waals surface area contributed by atoms with Gasteiger partial charge in [0.2, 0.25) is 0 Å². The number of fused-ring (bicyclic) bond motifs is 4. The van der Waals surface area contributed by atoms with Crippen molar-refractivity contribution in [2.24, 2.45) is 0 Å². The molecule has 1 amide bonds. The molecule has 2 aromatic carbocycles. The number of amides is 1. The molecule has 0 unspecified atom stereocenters. The van der Waals surface area contributed by atoms with Gasteiger partial charge in [-0.05, 0) is 18.2 Å². The summed E-state index contributed by atoms with van der Waals surface area (Å²) in [6, 6.07) is 14.2. The Balaban J connectivity index is 1.87. The normalized spacial score (nSPS) is 15.7. The van der Waals surface area contributed by atoms with E-state index in [-0.39, 0.29) is 15.7 Å². The maximum absolute atomic E-state index is 13.1. The van der Waals surface area contributed by atoms with Crippen molar-refractivity contribution < 1.29 is 14.7 Å². The number of nitrogens with zero attached hydrogens (tertiary/aromatic N) is 3. The third kappa shape index (κ3) is 2.13. The predicted octanol–water partition coefficient (Wildman–Crippen LogP) is 1.26. The van der Waals surface area contributed by atoms with Crippen molar-refractivity contribution in [2.45, 2.75) is 0 Å². The van der Waals surface area contributed by atoms with Gasteiger partial charge < -0.3 is 5.11 Å². The highest BCUT2D eigenvalue weighted by Crippen LogP contribution is 2.35. The molecule has 0 aliphatic carbocycles. The highest BCUT2D eigenvalue weighted by molar-refractivity contribution is 7.15. The van der Waals surface area contributed by atoms with E-state index in [1.54, 1.807) is 30.3 Å². The Morgan fingerprint density at radius 2 is 1.81 bits per heavy atom. The number of carboxylic acid groups (broad SMARTS) is 1. The van der Waals surface area contributed by atoms with Crippen LogP contribution in [0.2, 0.25) is 0 Å². The Labute approximate surface area is 155 Å². The molecule has 27 heavy (non-hydrogen) atoms. The van der Waals surface area contributed by atoms with Crippen molar-refractivity contribution in [1.29, 1.82) is 0 Å². The van der Waals surface area contributed by atoms with Gasteiger partial charge in [-0.25, -0.2) is 9.38 Å². The molecule has 0 bridgehead atoms. The average molecular weight is 377 g/mol. The van der Waals surface area contributed by atoms with Crippen molar-refractivity contribution in [3.05, 3.63) is 69.0 Å². The molecule has 0 spiro atoms. The topological polar surface area (TPSA) is 92.0 Å². The molecule has 1 N–H and O–H groups in total. The zero-order chi connectivity index (χ0) is 18.7. The Morgan fingerprint density at radius 3 is 2.63 bits per heavy atom. The van der Waals surface area contributed by atoms with Crippen LogP contribution in [0.5, 0.6) is 0 Å². The summed E-state index contributed by atoms with van der Waals surface area (Å²) in [5.41, 5.74) is 2.37. The van der Waals surface area contributed by atoms with Crippen LogP contribution in [0.25, 0.3) is 21.6 Å². The number of carboxylic acids is 1. The number of para-hydroxylation sites is 3. The van der Waals surface area contributed by atoms with Crippen molar-refractivity contribution in [2.75, 3.05) is 11.4 Å². The minimum Gasteiger partial charge on any atom is -0.480 e. The van der Waals surface area contributed by atoms with E-state index in [1.165, 1.54) is 9.30 Å². The lowest BCUT2D eigenvalue weighted by molar-refractivity contribution is -0.136. The first-order chi connectivity index (χ1) is 13.1. The van der Waals surface area contributed by atoms with E-state index in [2.05, 4.69) is 4.98 Å². The van der Waals surface area contributed by atoms with Crippen LogP contribution < -0.4 is 15.0 Å². The lowest BCUT2D eigenvalue weighted by Crippen LogP contribution is -2.35. The summed E-state index contributed by atoms with van der Waals surface area (Å²) in [6.45, 7) is -0.459. The molecule has 8 heteroatoms. The van der Waals surface area contributed by atoms with Crippen LogP contribution in [0.3, 0.4) is 0 Å². The molecule has 0 radical (unpaired) electrons. The van der Waals surface area contributed by atoms with E-state index in [4.69, 9.17) is 5.11 Å². The first-order valence-electron chi connectivity index (χ1n) is 8.13. The fraction of sp³-hybridized carbons (Fsp3) is 0.0526. The maximum Gasteiger partial charge on any atom is 0.323 e. The van der Waals surface area contributed by atoms with Gasteiger partial charge in [0.05, 0.1) is 22.3 Å². The largest absolute Gasteiger partial charge is 0.480 e. The van der Waals surface area contributed by atoms with Crippen molar-refractivity contribution >= 4 is 50.5 Å². The number of aromatic nitrogens is 2. The monoisotopic (exact) mass is 377 g/mol. The van der Waals surface area contributed by atoms with Crippen LogP contribution >= 0.6 is 11.3 Å². The molecule has 1 aliphatic heterocycles. The quantitative estimate of drug-likeness (QED) is 0.568. The van der Waals surface area contributed by atoms with E-state index in [0.29, 0.717) is 27.2 Å². The number of carbonyl (C=O) groups excluding carboxylic acids is 1. The SMILES string of the molecule is O=C(O)CN1C(=O)C(=c2sc3nc4ccccc4n3c2=O)c2ccccc21. The number of hydrogen-bond donors (Lipinski definition) is 1. The summed E-state index contributed by atoms with van der Waals surface area (Å²) in [5.74, 6) is -1.60. The predicted molar refractivity (Wildman–Crippen MR) is 101 cm³/mol. The molecule has 3 heterocycles. The average Bonchev–Trinajstić information content (AvgIpc) is 3.25. The van der Waals surface area contributed by atoms with Gasteiger partial charge in [-0.2, -0.15) is 0 Å². The third-order valence-electron chi connectivity index (χ3n) is 4.56. The molecule has 2 aromatic heterocycles. The van der Waals surface area contributed by atoms with E-state index in [1.807, 2.05) is 18.2 Å². The number of hydrogen-bond acceptors (Lipinski definition) is 5. The number of rotatable bonds is 2. The van der Waals surface area contributed by atoms with Crippen LogP contribution in [-0.4, -0.2) is 32.9 Å². The molecule has 4 aromatic rings. The summed E-state index contributed by atoms with van der Waals surface area (Å²) >= 11 is 1.14. The minimum absolute atomic E-state index is 0.233.